The summed E-state index contributed by atoms with van der Waals surface area (Å²) in [5.41, 5.74) is 2.57. The van der Waals surface area contributed by atoms with Crippen LogP contribution in [0.15, 0.2) is 72.8 Å². The fourth-order valence-corrected chi connectivity index (χ4v) is 3.37. The van der Waals surface area contributed by atoms with Crippen LogP contribution < -0.4 is 5.32 Å². The zero-order valence-corrected chi connectivity index (χ0v) is 15.8. The maximum Gasteiger partial charge on any atom is 0.0717 e. The van der Waals surface area contributed by atoms with Gasteiger partial charge in [-0.25, -0.2) is 0 Å². The van der Waals surface area contributed by atoms with Crippen molar-refractivity contribution in [3.63, 3.8) is 0 Å². The van der Waals surface area contributed by atoms with E-state index in [2.05, 4.69) is 85.9 Å². The van der Waals surface area contributed by atoms with Gasteiger partial charge in [0.25, 0.3) is 0 Å². The van der Waals surface area contributed by atoms with Gasteiger partial charge in [-0.2, -0.15) is 0 Å². The molecule has 26 heavy (non-hydrogen) atoms. The Morgan fingerprint density at radius 3 is 2.38 bits per heavy atom. The zero-order chi connectivity index (χ0) is 18.2. The van der Waals surface area contributed by atoms with Crippen LogP contribution in [0.4, 0.5) is 0 Å². The lowest BCUT2D eigenvalue weighted by molar-refractivity contribution is 0.0922. The van der Waals surface area contributed by atoms with E-state index in [1.54, 1.807) is 0 Å². The van der Waals surface area contributed by atoms with Crippen molar-refractivity contribution in [3.8, 4) is 0 Å². The maximum absolute atomic E-state index is 6.00. The van der Waals surface area contributed by atoms with E-state index in [9.17, 15) is 0 Å². The second kappa shape index (κ2) is 9.51. The van der Waals surface area contributed by atoms with Crippen molar-refractivity contribution in [1.29, 1.82) is 0 Å². The predicted octanol–water partition coefficient (Wildman–Crippen LogP) is 5.56. The molecule has 3 aromatic carbocycles. The third-order valence-electron chi connectivity index (χ3n) is 4.65. The van der Waals surface area contributed by atoms with Crippen molar-refractivity contribution in [3.05, 3.63) is 83.9 Å². The van der Waals surface area contributed by atoms with Crippen LogP contribution in [0.1, 0.15) is 31.4 Å². The molecule has 0 aliphatic rings. The quantitative estimate of drug-likeness (QED) is 0.547. The lowest BCUT2D eigenvalue weighted by Gasteiger charge is -2.21. The molecule has 3 rings (SSSR count). The van der Waals surface area contributed by atoms with E-state index in [-0.39, 0.29) is 0 Å². The summed E-state index contributed by atoms with van der Waals surface area (Å²) in [6, 6.07) is 25.9. The van der Waals surface area contributed by atoms with E-state index in [4.69, 9.17) is 4.74 Å². The molecule has 0 aliphatic carbocycles. The summed E-state index contributed by atoms with van der Waals surface area (Å²) in [7, 11) is 0. The van der Waals surface area contributed by atoms with Crippen molar-refractivity contribution < 1.29 is 4.74 Å². The highest BCUT2D eigenvalue weighted by molar-refractivity contribution is 5.85. The summed E-state index contributed by atoms with van der Waals surface area (Å²) in [5, 5.41) is 6.35. The molecule has 1 atom stereocenters. The molecular weight excluding hydrogens is 318 g/mol. The van der Waals surface area contributed by atoms with Gasteiger partial charge in [0, 0.05) is 12.6 Å². The van der Waals surface area contributed by atoms with Gasteiger partial charge in [0.2, 0.25) is 0 Å². The number of ether oxygens (including phenoxy) is 1. The highest BCUT2D eigenvalue weighted by Gasteiger charge is 2.12. The molecule has 136 valence electrons. The number of hydrogen-bond donors (Lipinski definition) is 1. The largest absolute Gasteiger partial charge is 0.375 e. The molecule has 0 spiro atoms. The first kappa shape index (κ1) is 18.6. The molecule has 0 heterocycles. The van der Waals surface area contributed by atoms with Crippen LogP contribution in [0, 0.1) is 5.92 Å². The molecule has 0 saturated carbocycles. The monoisotopic (exact) mass is 347 g/mol. The summed E-state index contributed by atoms with van der Waals surface area (Å²) >= 11 is 0. The summed E-state index contributed by atoms with van der Waals surface area (Å²) in [4.78, 5) is 0. The Morgan fingerprint density at radius 1 is 0.846 bits per heavy atom. The van der Waals surface area contributed by atoms with Crippen molar-refractivity contribution in [2.45, 2.75) is 39.5 Å². The van der Waals surface area contributed by atoms with Gasteiger partial charge < -0.3 is 10.1 Å². The van der Waals surface area contributed by atoms with Gasteiger partial charge >= 0.3 is 0 Å². The average molecular weight is 348 g/mol. The fourth-order valence-electron chi connectivity index (χ4n) is 3.37. The molecule has 2 nitrogen and oxygen atoms in total. The Bertz CT molecular complexity index is 792. The fraction of sp³-hybridized carbons (Fsp3) is 0.333. The molecule has 0 bridgehead atoms. The van der Waals surface area contributed by atoms with E-state index in [1.165, 1.54) is 21.9 Å². The van der Waals surface area contributed by atoms with Crippen LogP contribution in [0.3, 0.4) is 0 Å². The molecular formula is C24H29NO. The Morgan fingerprint density at radius 2 is 1.58 bits per heavy atom. The molecule has 0 saturated heterocycles. The third-order valence-corrected chi connectivity index (χ3v) is 4.65. The lowest BCUT2D eigenvalue weighted by atomic mass is 10.0. The number of nitrogens with one attached hydrogen (secondary N) is 1. The van der Waals surface area contributed by atoms with Crippen molar-refractivity contribution >= 4 is 10.8 Å². The van der Waals surface area contributed by atoms with Gasteiger partial charge in [-0.05, 0) is 34.2 Å². The topological polar surface area (TPSA) is 21.3 Å². The van der Waals surface area contributed by atoms with Crippen LogP contribution in [0.2, 0.25) is 0 Å². The molecule has 0 aromatic heterocycles. The lowest BCUT2D eigenvalue weighted by Crippen LogP contribution is -2.34. The summed E-state index contributed by atoms with van der Waals surface area (Å²) in [6.45, 7) is 6.81. The van der Waals surface area contributed by atoms with Gasteiger partial charge in [0.05, 0.1) is 13.2 Å². The predicted molar refractivity (Wildman–Crippen MR) is 110 cm³/mol. The van der Waals surface area contributed by atoms with Crippen molar-refractivity contribution in [2.75, 3.05) is 6.61 Å². The normalized spacial score (nSPS) is 12.6. The number of benzene rings is 3. The van der Waals surface area contributed by atoms with Crippen molar-refractivity contribution in [1.82, 2.24) is 5.32 Å². The van der Waals surface area contributed by atoms with E-state index < -0.39 is 0 Å². The summed E-state index contributed by atoms with van der Waals surface area (Å²) < 4.78 is 6.00. The van der Waals surface area contributed by atoms with Crippen LogP contribution in [-0.2, 0) is 17.9 Å². The molecule has 0 aliphatic heterocycles. The molecule has 0 unspecified atom stereocenters. The second-order valence-corrected chi connectivity index (χ2v) is 7.35. The third kappa shape index (κ3) is 5.42. The van der Waals surface area contributed by atoms with Crippen LogP contribution in [-0.4, -0.2) is 12.6 Å². The Kier molecular flexibility index (Phi) is 6.82. The summed E-state index contributed by atoms with van der Waals surface area (Å²) in [6.07, 6.45) is 1.11. The minimum Gasteiger partial charge on any atom is -0.375 e. The standard InChI is InChI=1S/C24H29NO/c1-19(2)15-23(18-26-17-20-9-4-3-5-10-20)25-16-22-13-8-12-21-11-6-7-14-24(21)22/h3-14,19,23,25H,15-18H2,1-2H3/t23-/m0/s1. The van der Waals surface area contributed by atoms with Gasteiger partial charge in [0.1, 0.15) is 0 Å². The van der Waals surface area contributed by atoms with E-state index in [0.29, 0.717) is 18.6 Å². The SMILES string of the molecule is CC(C)C[C@@H](COCc1ccccc1)NCc1cccc2ccccc12. The van der Waals surface area contributed by atoms with E-state index in [1.807, 2.05) is 6.07 Å². The van der Waals surface area contributed by atoms with Crippen molar-refractivity contribution in [2.24, 2.45) is 5.92 Å². The van der Waals surface area contributed by atoms with E-state index in [0.717, 1.165) is 19.6 Å². The number of hydrogen-bond acceptors (Lipinski definition) is 2. The molecule has 0 amide bonds. The number of fused-ring (bicyclic) bond motifs is 1. The number of rotatable bonds is 9. The highest BCUT2D eigenvalue weighted by atomic mass is 16.5. The molecule has 2 heteroatoms. The average Bonchev–Trinajstić information content (AvgIpc) is 2.66. The molecule has 0 radical (unpaired) electrons. The zero-order valence-electron chi connectivity index (χ0n) is 15.8. The van der Waals surface area contributed by atoms with Gasteiger partial charge in [-0.1, -0.05) is 86.6 Å². The van der Waals surface area contributed by atoms with Crippen LogP contribution in [0.25, 0.3) is 10.8 Å². The first-order valence-electron chi connectivity index (χ1n) is 9.54. The van der Waals surface area contributed by atoms with Gasteiger partial charge in [0.15, 0.2) is 0 Å². The Hall–Kier alpha value is -2.16. The first-order valence-corrected chi connectivity index (χ1v) is 9.54. The minimum absolute atomic E-state index is 0.359. The molecule has 1 N–H and O–H groups in total. The smallest absolute Gasteiger partial charge is 0.0717 e. The molecule has 3 aromatic rings. The Labute approximate surface area is 157 Å². The van der Waals surface area contributed by atoms with Crippen LogP contribution in [0.5, 0.6) is 0 Å². The van der Waals surface area contributed by atoms with Crippen LogP contribution >= 0.6 is 0 Å². The minimum atomic E-state index is 0.359. The summed E-state index contributed by atoms with van der Waals surface area (Å²) in [5.74, 6) is 0.639. The van der Waals surface area contributed by atoms with Gasteiger partial charge in [-0.3, -0.25) is 0 Å². The molecule has 0 fully saturated rings. The van der Waals surface area contributed by atoms with Gasteiger partial charge in [-0.15, -0.1) is 0 Å². The second-order valence-electron chi connectivity index (χ2n) is 7.35. The first-order chi connectivity index (χ1) is 12.7. The maximum atomic E-state index is 6.00. The van der Waals surface area contributed by atoms with E-state index >= 15 is 0 Å². The Balaban J connectivity index is 1.59. The highest BCUT2D eigenvalue weighted by Crippen LogP contribution is 2.19.